The molecule has 0 amide bonds. The Morgan fingerprint density at radius 2 is 2.06 bits per heavy atom. The second kappa shape index (κ2) is 4.02. The molecule has 2 N–H and O–H groups in total. The fourth-order valence-electron chi connectivity index (χ4n) is 1.36. The molecule has 3 rings (SSSR count). The first-order chi connectivity index (χ1) is 8.33. The number of aromatic nitrogens is 5. The Kier molecular flexibility index (Phi) is 2.37. The normalized spacial score (nSPS) is 10.8. The van der Waals surface area contributed by atoms with Crippen LogP contribution in [0.3, 0.4) is 0 Å². The van der Waals surface area contributed by atoms with Gasteiger partial charge in [-0.05, 0) is 23.9 Å². The van der Waals surface area contributed by atoms with Crippen molar-refractivity contribution in [2.45, 2.75) is 10.2 Å². The van der Waals surface area contributed by atoms with E-state index in [1.54, 1.807) is 6.20 Å². The molecular formula is C10H8N6S. The van der Waals surface area contributed by atoms with Crippen molar-refractivity contribution in [3.63, 3.8) is 0 Å². The zero-order chi connectivity index (χ0) is 11.7. The van der Waals surface area contributed by atoms with Crippen molar-refractivity contribution in [3.8, 4) is 0 Å². The summed E-state index contributed by atoms with van der Waals surface area (Å²) in [5.74, 6) is 0.403. The zero-order valence-electron chi connectivity index (χ0n) is 8.69. The first-order valence-electron chi connectivity index (χ1n) is 4.88. The number of fused-ring (bicyclic) bond motifs is 1. The Morgan fingerprint density at radius 1 is 1.12 bits per heavy atom. The highest BCUT2D eigenvalue weighted by Crippen LogP contribution is 2.23. The molecule has 0 radical (unpaired) electrons. The lowest BCUT2D eigenvalue weighted by Gasteiger charge is -1.98. The number of rotatable bonds is 2. The first kappa shape index (κ1) is 10.0. The van der Waals surface area contributed by atoms with Gasteiger partial charge in [0.1, 0.15) is 10.8 Å². The smallest absolute Gasteiger partial charge is 0.201 e. The van der Waals surface area contributed by atoms with E-state index in [9.17, 15) is 0 Å². The number of hydrogen-bond donors (Lipinski definition) is 1. The maximum absolute atomic E-state index is 5.47. The van der Waals surface area contributed by atoms with Crippen LogP contribution in [0.25, 0.3) is 5.65 Å². The van der Waals surface area contributed by atoms with Gasteiger partial charge in [-0.2, -0.15) is 0 Å². The summed E-state index contributed by atoms with van der Waals surface area (Å²) in [5.41, 5.74) is 6.28. The summed E-state index contributed by atoms with van der Waals surface area (Å²) in [6.45, 7) is 0. The van der Waals surface area contributed by atoms with Crippen molar-refractivity contribution in [3.05, 3.63) is 36.8 Å². The van der Waals surface area contributed by atoms with Gasteiger partial charge in [-0.15, -0.1) is 10.2 Å². The van der Waals surface area contributed by atoms with Crippen molar-refractivity contribution in [2.75, 3.05) is 5.73 Å². The van der Waals surface area contributed by atoms with Crippen molar-refractivity contribution < 1.29 is 0 Å². The van der Waals surface area contributed by atoms with Gasteiger partial charge in [-0.25, -0.2) is 9.97 Å². The molecule has 84 valence electrons. The maximum Gasteiger partial charge on any atom is 0.201 e. The van der Waals surface area contributed by atoms with Crippen LogP contribution in [0.15, 0.2) is 47.0 Å². The molecule has 0 atom stereocenters. The number of nitrogens with zero attached hydrogens (tertiary/aromatic N) is 5. The van der Waals surface area contributed by atoms with E-state index >= 15 is 0 Å². The van der Waals surface area contributed by atoms with Crippen molar-refractivity contribution in [2.24, 2.45) is 0 Å². The Bertz CT molecular complexity index is 647. The molecule has 0 saturated carbocycles. The molecule has 0 unspecified atom stereocenters. The highest BCUT2D eigenvalue weighted by atomic mass is 32.2. The number of nitrogens with two attached hydrogens (primary N) is 1. The average molecular weight is 244 g/mol. The first-order valence-corrected chi connectivity index (χ1v) is 5.70. The number of hydrogen-bond acceptors (Lipinski definition) is 6. The van der Waals surface area contributed by atoms with E-state index in [4.69, 9.17) is 5.73 Å². The highest BCUT2D eigenvalue weighted by Gasteiger charge is 2.07. The van der Waals surface area contributed by atoms with Crippen LogP contribution < -0.4 is 5.73 Å². The number of anilines is 1. The second-order valence-electron chi connectivity index (χ2n) is 3.29. The molecule has 0 fully saturated rings. The highest BCUT2D eigenvalue weighted by molar-refractivity contribution is 7.99. The molecule has 7 heteroatoms. The third-order valence-electron chi connectivity index (χ3n) is 2.13. The number of pyridine rings is 1. The summed E-state index contributed by atoms with van der Waals surface area (Å²) >= 11 is 1.39. The second-order valence-corrected chi connectivity index (χ2v) is 4.28. The quantitative estimate of drug-likeness (QED) is 0.730. The molecule has 17 heavy (non-hydrogen) atoms. The minimum Gasteiger partial charge on any atom is -0.382 e. The molecule has 3 aromatic rings. The molecule has 0 bridgehead atoms. The topological polar surface area (TPSA) is 82.0 Å². The maximum atomic E-state index is 5.47. The molecule has 3 aromatic heterocycles. The Hall–Kier alpha value is -2.15. The van der Waals surface area contributed by atoms with E-state index in [1.807, 2.05) is 28.8 Å². The summed E-state index contributed by atoms with van der Waals surface area (Å²) in [5, 5.41) is 9.62. The number of nitrogen functional groups attached to an aromatic ring is 1. The minimum absolute atomic E-state index is 0.403. The summed E-state index contributed by atoms with van der Waals surface area (Å²) in [6, 6.07) is 5.74. The summed E-state index contributed by atoms with van der Waals surface area (Å²) in [6.07, 6.45) is 5.04. The van der Waals surface area contributed by atoms with Gasteiger partial charge >= 0.3 is 0 Å². The van der Waals surface area contributed by atoms with E-state index in [1.165, 1.54) is 18.0 Å². The molecule has 6 nitrogen and oxygen atoms in total. The Balaban J connectivity index is 1.97. The molecule has 0 spiro atoms. The van der Waals surface area contributed by atoms with Crippen molar-refractivity contribution >= 4 is 23.2 Å². The van der Waals surface area contributed by atoms with Gasteiger partial charge in [0, 0.05) is 6.20 Å². The zero-order valence-corrected chi connectivity index (χ0v) is 9.50. The van der Waals surface area contributed by atoms with Gasteiger partial charge in [0.05, 0.1) is 12.4 Å². The van der Waals surface area contributed by atoms with Crippen LogP contribution in [-0.2, 0) is 0 Å². The van der Waals surface area contributed by atoms with Crippen molar-refractivity contribution in [1.29, 1.82) is 0 Å². The fraction of sp³-hybridized carbons (Fsp3) is 0. The summed E-state index contributed by atoms with van der Waals surface area (Å²) in [4.78, 5) is 8.13. The Labute approximate surface area is 101 Å². The predicted molar refractivity (Wildman–Crippen MR) is 63.6 cm³/mol. The van der Waals surface area contributed by atoms with E-state index in [0.29, 0.717) is 5.82 Å². The van der Waals surface area contributed by atoms with Crippen LogP contribution in [0, 0.1) is 0 Å². The SMILES string of the molecule is Nc1cnc(Sc2nnc3ccccn23)cn1. The Morgan fingerprint density at radius 3 is 2.88 bits per heavy atom. The van der Waals surface area contributed by atoms with Crippen LogP contribution in [0.1, 0.15) is 0 Å². The minimum atomic E-state index is 0.403. The third-order valence-corrected chi connectivity index (χ3v) is 3.01. The fourth-order valence-corrected chi connectivity index (χ4v) is 2.09. The lowest BCUT2D eigenvalue weighted by Crippen LogP contribution is -1.92. The largest absolute Gasteiger partial charge is 0.382 e. The summed E-state index contributed by atoms with van der Waals surface area (Å²) in [7, 11) is 0. The van der Waals surface area contributed by atoms with E-state index < -0.39 is 0 Å². The molecule has 0 saturated heterocycles. The van der Waals surface area contributed by atoms with Crippen LogP contribution in [-0.4, -0.2) is 24.6 Å². The van der Waals surface area contributed by atoms with Crippen molar-refractivity contribution in [1.82, 2.24) is 24.6 Å². The molecule has 0 aliphatic heterocycles. The molecule has 3 heterocycles. The lowest BCUT2D eigenvalue weighted by molar-refractivity contribution is 0.915. The summed E-state index contributed by atoms with van der Waals surface area (Å²) < 4.78 is 1.89. The van der Waals surface area contributed by atoms with Crippen LogP contribution in [0.4, 0.5) is 5.82 Å². The van der Waals surface area contributed by atoms with Crippen LogP contribution in [0.2, 0.25) is 0 Å². The third kappa shape index (κ3) is 1.92. The van der Waals surface area contributed by atoms with Gasteiger partial charge in [0.15, 0.2) is 5.65 Å². The molecule has 0 aromatic carbocycles. The van der Waals surface area contributed by atoms with Gasteiger partial charge in [-0.3, -0.25) is 4.40 Å². The van der Waals surface area contributed by atoms with E-state index in [2.05, 4.69) is 20.2 Å². The lowest BCUT2D eigenvalue weighted by atomic mass is 10.5. The van der Waals surface area contributed by atoms with E-state index in [-0.39, 0.29) is 0 Å². The standard InChI is InChI=1S/C10H8N6S/c11-7-5-13-9(6-12-7)17-10-15-14-8-3-1-2-4-16(8)10/h1-6H,(H2,11,12). The van der Waals surface area contributed by atoms with E-state index in [0.717, 1.165) is 15.8 Å². The molecule has 0 aliphatic carbocycles. The predicted octanol–water partition coefficient (Wildman–Crippen LogP) is 1.25. The van der Waals surface area contributed by atoms with Gasteiger partial charge in [0.25, 0.3) is 0 Å². The van der Waals surface area contributed by atoms with Crippen LogP contribution >= 0.6 is 11.8 Å². The van der Waals surface area contributed by atoms with Crippen LogP contribution in [0.5, 0.6) is 0 Å². The van der Waals surface area contributed by atoms with Gasteiger partial charge in [-0.1, -0.05) is 6.07 Å². The molecular weight excluding hydrogens is 236 g/mol. The van der Waals surface area contributed by atoms with Gasteiger partial charge in [0.2, 0.25) is 5.16 Å². The monoisotopic (exact) mass is 244 g/mol. The van der Waals surface area contributed by atoms with Gasteiger partial charge < -0.3 is 5.73 Å². The average Bonchev–Trinajstić information content (AvgIpc) is 2.76. The molecule has 0 aliphatic rings.